The summed E-state index contributed by atoms with van der Waals surface area (Å²) in [7, 11) is 0. The molecule has 31 heavy (non-hydrogen) atoms. The average Bonchev–Trinajstić information content (AvgIpc) is 3.21. The maximum atomic E-state index is 13.0. The van der Waals surface area contributed by atoms with Gasteiger partial charge in [-0.1, -0.05) is 13.0 Å². The summed E-state index contributed by atoms with van der Waals surface area (Å²) in [5.74, 6) is -0.516. The van der Waals surface area contributed by atoms with Gasteiger partial charge in [0.05, 0.1) is 5.56 Å². The number of carbonyl (C=O) groups is 2. The van der Waals surface area contributed by atoms with Crippen LogP contribution in [0.5, 0.6) is 0 Å². The van der Waals surface area contributed by atoms with E-state index >= 15 is 0 Å². The van der Waals surface area contributed by atoms with E-state index in [9.17, 15) is 22.8 Å². The number of carbonyl (C=O) groups excluding carboxylic acids is 2. The Morgan fingerprint density at radius 1 is 1.32 bits per heavy atom. The Morgan fingerprint density at radius 2 is 2.10 bits per heavy atom. The zero-order valence-electron chi connectivity index (χ0n) is 17.3. The number of halogens is 3. The fourth-order valence-corrected chi connectivity index (χ4v) is 4.07. The molecule has 1 aliphatic rings. The van der Waals surface area contributed by atoms with Crippen molar-refractivity contribution in [1.29, 1.82) is 0 Å². The quantitative estimate of drug-likeness (QED) is 0.657. The Labute approximate surface area is 182 Å². The van der Waals surface area contributed by atoms with Crippen molar-refractivity contribution in [2.75, 3.05) is 11.9 Å². The highest BCUT2D eigenvalue weighted by molar-refractivity contribution is 7.14. The number of hydrogen-bond acceptors (Lipinski definition) is 5. The summed E-state index contributed by atoms with van der Waals surface area (Å²) < 4.78 is 38.7. The molecule has 1 aliphatic heterocycles. The van der Waals surface area contributed by atoms with Crippen LogP contribution in [-0.4, -0.2) is 40.3 Å². The van der Waals surface area contributed by atoms with Crippen molar-refractivity contribution >= 4 is 34.0 Å². The van der Waals surface area contributed by atoms with Crippen molar-refractivity contribution < 1.29 is 22.8 Å². The van der Waals surface area contributed by atoms with E-state index in [0.717, 1.165) is 42.7 Å². The highest BCUT2D eigenvalue weighted by Gasteiger charge is 2.34. The van der Waals surface area contributed by atoms with E-state index in [0.29, 0.717) is 18.1 Å². The summed E-state index contributed by atoms with van der Waals surface area (Å²) in [6.07, 6.45) is -1.39. The third-order valence-electron chi connectivity index (χ3n) is 5.23. The number of nitrogens with zero attached hydrogens (tertiary/aromatic N) is 2. The summed E-state index contributed by atoms with van der Waals surface area (Å²) in [5, 5.41) is 7.61. The molecule has 0 saturated carbocycles. The summed E-state index contributed by atoms with van der Waals surface area (Å²) in [4.78, 5) is 31.5. The predicted octanol–water partition coefficient (Wildman–Crippen LogP) is 4.81. The molecule has 2 heterocycles. The zero-order valence-corrected chi connectivity index (χ0v) is 18.1. The number of benzene rings is 1. The average molecular weight is 455 g/mol. The lowest BCUT2D eigenvalue weighted by Crippen LogP contribution is -2.53. The normalized spacial score (nSPS) is 17.8. The zero-order chi connectivity index (χ0) is 22.6. The van der Waals surface area contributed by atoms with Gasteiger partial charge in [0.15, 0.2) is 5.13 Å². The first kappa shape index (κ1) is 23.1. The van der Waals surface area contributed by atoms with Crippen molar-refractivity contribution in [2.24, 2.45) is 0 Å². The molecular formula is C21H25F3N4O2S. The molecule has 2 N–H and O–H groups in total. The van der Waals surface area contributed by atoms with Crippen LogP contribution in [0.2, 0.25) is 0 Å². The number of piperidine rings is 1. The van der Waals surface area contributed by atoms with Crippen molar-refractivity contribution in [1.82, 2.24) is 15.2 Å². The Bertz CT molecular complexity index is 931. The fraction of sp³-hybridized carbons (Fsp3) is 0.476. The summed E-state index contributed by atoms with van der Waals surface area (Å²) in [6, 6.07) is 4.26. The minimum absolute atomic E-state index is 0.0221. The van der Waals surface area contributed by atoms with Gasteiger partial charge in [0.2, 0.25) is 5.91 Å². The summed E-state index contributed by atoms with van der Waals surface area (Å²) >= 11 is 1.12. The maximum absolute atomic E-state index is 13.0. The van der Waals surface area contributed by atoms with Crippen molar-refractivity contribution in [3.05, 3.63) is 40.9 Å². The SMILES string of the molecule is CC[C@@H](C)NC(=O)[C@H]1CCCCN1C(=O)c1csc(Nc2cccc(C(F)(F)F)c2)n1. The minimum atomic E-state index is -4.44. The van der Waals surface area contributed by atoms with Crippen molar-refractivity contribution in [3.63, 3.8) is 0 Å². The van der Waals surface area contributed by atoms with Crippen LogP contribution in [0.3, 0.4) is 0 Å². The number of likely N-dealkylation sites (tertiary alicyclic amines) is 1. The highest BCUT2D eigenvalue weighted by Crippen LogP contribution is 2.32. The van der Waals surface area contributed by atoms with Crippen LogP contribution < -0.4 is 10.6 Å². The molecule has 0 aliphatic carbocycles. The molecule has 0 radical (unpaired) electrons. The molecule has 6 nitrogen and oxygen atoms in total. The van der Waals surface area contributed by atoms with Gasteiger partial charge in [-0.2, -0.15) is 13.2 Å². The highest BCUT2D eigenvalue weighted by atomic mass is 32.1. The molecule has 2 atom stereocenters. The standard InChI is InChI=1S/C21H25F3N4O2S/c1-3-13(2)25-18(29)17-9-4-5-10-28(17)19(30)16-12-31-20(27-16)26-15-8-6-7-14(11-15)21(22,23)24/h6-8,11-13,17H,3-5,9-10H2,1-2H3,(H,25,29)(H,26,27)/t13-,17-/m1/s1. The fourth-order valence-electron chi connectivity index (χ4n) is 3.36. The minimum Gasteiger partial charge on any atom is -0.352 e. The molecule has 10 heteroatoms. The lowest BCUT2D eigenvalue weighted by molar-refractivity contribution is -0.137. The second-order valence-corrected chi connectivity index (χ2v) is 8.43. The van der Waals surface area contributed by atoms with Crippen LogP contribution in [0.1, 0.15) is 55.6 Å². The van der Waals surface area contributed by atoms with Gasteiger partial charge in [0.1, 0.15) is 11.7 Å². The van der Waals surface area contributed by atoms with E-state index in [4.69, 9.17) is 0 Å². The number of nitrogens with one attached hydrogen (secondary N) is 2. The Balaban J connectivity index is 1.72. The smallest absolute Gasteiger partial charge is 0.352 e. The molecule has 3 rings (SSSR count). The Kier molecular flexibility index (Phi) is 7.19. The maximum Gasteiger partial charge on any atom is 0.416 e. The molecule has 0 spiro atoms. The first-order chi connectivity index (χ1) is 14.7. The van der Waals surface area contributed by atoms with E-state index in [1.165, 1.54) is 12.1 Å². The molecule has 168 valence electrons. The van der Waals surface area contributed by atoms with Crippen LogP contribution in [-0.2, 0) is 11.0 Å². The number of amides is 2. The lowest BCUT2D eigenvalue weighted by Gasteiger charge is -2.34. The molecule has 0 bridgehead atoms. The van der Waals surface area contributed by atoms with Crippen LogP contribution in [0.25, 0.3) is 0 Å². The van der Waals surface area contributed by atoms with E-state index in [-0.39, 0.29) is 29.2 Å². The topological polar surface area (TPSA) is 74.3 Å². The van der Waals surface area contributed by atoms with Gasteiger partial charge < -0.3 is 15.5 Å². The molecular weight excluding hydrogens is 429 g/mol. The third-order valence-corrected chi connectivity index (χ3v) is 5.99. The molecule has 2 amide bonds. The first-order valence-corrected chi connectivity index (χ1v) is 11.1. The van der Waals surface area contributed by atoms with Crippen LogP contribution in [0, 0.1) is 0 Å². The number of thiazole rings is 1. The van der Waals surface area contributed by atoms with Gasteiger partial charge in [-0.15, -0.1) is 11.3 Å². The summed E-state index contributed by atoms with van der Waals surface area (Å²) in [5.41, 5.74) is -0.372. The van der Waals surface area contributed by atoms with Gasteiger partial charge in [0.25, 0.3) is 5.91 Å². The molecule has 1 aromatic carbocycles. The number of hydrogen-bond donors (Lipinski definition) is 2. The van der Waals surface area contributed by atoms with Gasteiger partial charge >= 0.3 is 6.18 Å². The predicted molar refractivity (Wildman–Crippen MR) is 113 cm³/mol. The van der Waals surface area contributed by atoms with Crippen LogP contribution >= 0.6 is 11.3 Å². The van der Waals surface area contributed by atoms with E-state index in [2.05, 4.69) is 15.6 Å². The number of anilines is 2. The van der Waals surface area contributed by atoms with Crippen molar-refractivity contribution in [3.8, 4) is 0 Å². The van der Waals surface area contributed by atoms with E-state index in [1.54, 1.807) is 10.3 Å². The van der Waals surface area contributed by atoms with E-state index < -0.39 is 17.8 Å². The van der Waals surface area contributed by atoms with Crippen LogP contribution in [0.4, 0.5) is 24.0 Å². The lowest BCUT2D eigenvalue weighted by atomic mass is 10.0. The van der Waals surface area contributed by atoms with Gasteiger partial charge in [-0.3, -0.25) is 9.59 Å². The number of aromatic nitrogens is 1. The Morgan fingerprint density at radius 3 is 2.81 bits per heavy atom. The Hall–Kier alpha value is -2.62. The number of alkyl halides is 3. The van der Waals surface area contributed by atoms with Crippen LogP contribution in [0.15, 0.2) is 29.6 Å². The second-order valence-electron chi connectivity index (χ2n) is 7.57. The molecule has 1 fully saturated rings. The van der Waals surface area contributed by atoms with E-state index in [1.807, 2.05) is 13.8 Å². The van der Waals surface area contributed by atoms with Gasteiger partial charge in [-0.25, -0.2) is 4.98 Å². The van der Waals surface area contributed by atoms with Crippen molar-refractivity contribution in [2.45, 2.75) is 57.8 Å². The third kappa shape index (κ3) is 5.75. The molecule has 2 aromatic rings. The molecule has 1 aromatic heterocycles. The second kappa shape index (κ2) is 9.67. The summed E-state index contributed by atoms with van der Waals surface area (Å²) in [6.45, 7) is 4.35. The molecule has 0 unspecified atom stereocenters. The monoisotopic (exact) mass is 454 g/mol. The first-order valence-electron chi connectivity index (χ1n) is 10.2. The number of rotatable bonds is 6. The van der Waals surface area contributed by atoms with Gasteiger partial charge in [-0.05, 0) is 50.8 Å². The molecule has 1 saturated heterocycles. The largest absolute Gasteiger partial charge is 0.416 e. The van der Waals surface area contributed by atoms with Gasteiger partial charge in [0, 0.05) is 23.7 Å².